The lowest BCUT2D eigenvalue weighted by molar-refractivity contribution is -0.129. The van der Waals surface area contributed by atoms with Gasteiger partial charge in [0.2, 0.25) is 5.91 Å². The fraction of sp³-hybridized carbons (Fsp3) is 0.250. The molecule has 2 N–H and O–H groups in total. The van der Waals surface area contributed by atoms with Gasteiger partial charge < -0.3 is 10.6 Å². The van der Waals surface area contributed by atoms with Gasteiger partial charge in [0.25, 0.3) is 0 Å². The van der Waals surface area contributed by atoms with Crippen molar-refractivity contribution in [3.05, 3.63) is 78.4 Å². The number of carbonyl (C=O) groups excluding carboxylic acids is 2. The lowest BCUT2D eigenvalue weighted by Crippen LogP contribution is -2.29. The Labute approximate surface area is 213 Å². The molecule has 1 unspecified atom stereocenters. The van der Waals surface area contributed by atoms with Gasteiger partial charge in [-0.1, -0.05) is 49.4 Å². The molecule has 3 aromatic heterocycles. The average molecular weight is 494 g/mol. The highest BCUT2D eigenvalue weighted by atomic mass is 16.2. The lowest BCUT2D eigenvalue weighted by atomic mass is 9.99. The Morgan fingerprint density at radius 1 is 1.11 bits per heavy atom. The van der Waals surface area contributed by atoms with Crippen LogP contribution in [0.25, 0.3) is 27.5 Å². The number of nitrogens with two attached hydrogens (primary N) is 1. The molecule has 1 fully saturated rings. The number of anilines is 1. The molecule has 1 saturated heterocycles. The SMILES string of the molecule is CCC(=O)N1CCC(C(=O)c2cc(-c3ccc4cn(Cc5ccccc5)nc4c3)c3c(N)ncnn23)C1. The Morgan fingerprint density at radius 3 is 2.76 bits per heavy atom. The summed E-state index contributed by atoms with van der Waals surface area (Å²) in [6, 6.07) is 18.1. The van der Waals surface area contributed by atoms with E-state index in [2.05, 4.69) is 22.2 Å². The second-order valence-corrected chi connectivity index (χ2v) is 9.48. The Bertz CT molecular complexity index is 1640. The summed E-state index contributed by atoms with van der Waals surface area (Å²) in [5.74, 6) is 0.0586. The van der Waals surface area contributed by atoms with Crippen LogP contribution in [0.1, 0.15) is 35.8 Å². The Balaban J connectivity index is 1.37. The van der Waals surface area contributed by atoms with Gasteiger partial charge in [0.15, 0.2) is 11.6 Å². The molecule has 0 bridgehead atoms. The lowest BCUT2D eigenvalue weighted by Gasteiger charge is -2.14. The molecule has 6 rings (SSSR count). The normalized spacial score (nSPS) is 15.6. The van der Waals surface area contributed by atoms with Crippen molar-refractivity contribution in [1.29, 1.82) is 0 Å². The maximum atomic E-state index is 13.6. The third-order valence-electron chi connectivity index (χ3n) is 7.10. The third kappa shape index (κ3) is 4.12. The fourth-order valence-electron chi connectivity index (χ4n) is 5.18. The predicted octanol–water partition coefficient (Wildman–Crippen LogP) is 3.82. The van der Waals surface area contributed by atoms with E-state index in [9.17, 15) is 9.59 Å². The van der Waals surface area contributed by atoms with Gasteiger partial charge in [-0.25, -0.2) is 9.50 Å². The number of carbonyl (C=O) groups is 2. The highest BCUT2D eigenvalue weighted by molar-refractivity contribution is 6.03. The van der Waals surface area contributed by atoms with Crippen LogP contribution in [0.15, 0.2) is 67.1 Å². The molecule has 1 aliphatic rings. The largest absolute Gasteiger partial charge is 0.382 e. The van der Waals surface area contributed by atoms with Gasteiger partial charge in [0, 0.05) is 42.6 Å². The summed E-state index contributed by atoms with van der Waals surface area (Å²) >= 11 is 0. The summed E-state index contributed by atoms with van der Waals surface area (Å²) in [6.45, 7) is 3.54. The summed E-state index contributed by atoms with van der Waals surface area (Å²) in [4.78, 5) is 31.7. The van der Waals surface area contributed by atoms with Crippen molar-refractivity contribution in [1.82, 2.24) is 29.3 Å². The Hall–Kier alpha value is -4.53. The standard InChI is InChI=1S/C28H27N7O2/c1-2-25(36)33-11-10-21(15-33)27(37)24-13-22(26-28(29)30-17-31-35(24)26)19-8-9-20-16-34(32-23(20)12-19)14-18-6-4-3-5-7-18/h3-9,12-13,16-17,21H,2,10-11,14-15H2,1H3,(H2,29,30,31). The maximum absolute atomic E-state index is 13.6. The summed E-state index contributed by atoms with van der Waals surface area (Å²) in [5, 5.41) is 10.2. The van der Waals surface area contributed by atoms with E-state index in [0.717, 1.165) is 22.0 Å². The second kappa shape index (κ2) is 9.16. The zero-order valence-corrected chi connectivity index (χ0v) is 20.5. The van der Waals surface area contributed by atoms with Gasteiger partial charge in [0.1, 0.15) is 17.5 Å². The summed E-state index contributed by atoms with van der Waals surface area (Å²) < 4.78 is 3.51. The van der Waals surface area contributed by atoms with Gasteiger partial charge in [-0.2, -0.15) is 10.2 Å². The first-order valence-corrected chi connectivity index (χ1v) is 12.5. The minimum Gasteiger partial charge on any atom is -0.382 e. The minimum absolute atomic E-state index is 0.0426. The van der Waals surface area contributed by atoms with Crippen LogP contribution in [0.3, 0.4) is 0 Å². The number of rotatable bonds is 6. The Morgan fingerprint density at radius 2 is 1.95 bits per heavy atom. The number of fused-ring (bicyclic) bond motifs is 2. The Kier molecular flexibility index (Phi) is 5.67. The van der Waals surface area contributed by atoms with E-state index in [1.165, 1.54) is 11.9 Å². The van der Waals surface area contributed by atoms with Crippen LogP contribution in [-0.4, -0.2) is 54.1 Å². The number of amides is 1. The van der Waals surface area contributed by atoms with Crippen molar-refractivity contribution >= 4 is 33.9 Å². The van der Waals surface area contributed by atoms with E-state index in [-0.39, 0.29) is 17.6 Å². The zero-order valence-electron chi connectivity index (χ0n) is 20.5. The molecule has 1 amide bonds. The molecule has 9 heteroatoms. The van der Waals surface area contributed by atoms with Crippen LogP contribution in [-0.2, 0) is 11.3 Å². The fourth-order valence-corrected chi connectivity index (χ4v) is 5.18. The van der Waals surface area contributed by atoms with Crippen molar-refractivity contribution in [2.24, 2.45) is 5.92 Å². The summed E-state index contributed by atoms with van der Waals surface area (Å²) in [6.07, 6.45) is 4.46. The monoisotopic (exact) mass is 493 g/mol. The molecule has 2 aromatic carbocycles. The van der Waals surface area contributed by atoms with Gasteiger partial charge in [-0.15, -0.1) is 0 Å². The first-order chi connectivity index (χ1) is 18.0. The van der Waals surface area contributed by atoms with E-state index < -0.39 is 0 Å². The molecular formula is C28H27N7O2. The maximum Gasteiger partial charge on any atom is 0.222 e. The third-order valence-corrected chi connectivity index (χ3v) is 7.10. The molecule has 1 atom stereocenters. The van der Waals surface area contributed by atoms with E-state index in [1.807, 2.05) is 60.3 Å². The first-order valence-electron chi connectivity index (χ1n) is 12.5. The number of benzene rings is 2. The quantitative estimate of drug-likeness (QED) is 0.360. The van der Waals surface area contributed by atoms with E-state index in [1.54, 1.807) is 9.42 Å². The molecular weight excluding hydrogens is 466 g/mol. The van der Waals surface area contributed by atoms with Crippen molar-refractivity contribution in [3.63, 3.8) is 0 Å². The molecule has 1 aliphatic heterocycles. The topological polar surface area (TPSA) is 111 Å². The number of hydrogen-bond acceptors (Lipinski definition) is 6. The van der Waals surface area contributed by atoms with E-state index in [0.29, 0.717) is 49.5 Å². The van der Waals surface area contributed by atoms with Gasteiger partial charge in [0.05, 0.1) is 12.1 Å². The van der Waals surface area contributed by atoms with E-state index >= 15 is 0 Å². The molecule has 5 aromatic rings. The molecule has 4 heterocycles. The molecule has 0 radical (unpaired) electrons. The first kappa shape index (κ1) is 22.9. The number of ketones is 1. The molecule has 37 heavy (non-hydrogen) atoms. The van der Waals surface area contributed by atoms with Crippen LogP contribution >= 0.6 is 0 Å². The average Bonchev–Trinajstić information content (AvgIpc) is 3.65. The smallest absolute Gasteiger partial charge is 0.222 e. The van der Waals surface area contributed by atoms with Gasteiger partial charge >= 0.3 is 0 Å². The molecule has 0 saturated carbocycles. The molecule has 9 nitrogen and oxygen atoms in total. The van der Waals surface area contributed by atoms with Crippen LogP contribution in [0.5, 0.6) is 0 Å². The zero-order chi connectivity index (χ0) is 25.5. The number of nitrogens with zero attached hydrogens (tertiary/aromatic N) is 6. The summed E-state index contributed by atoms with van der Waals surface area (Å²) in [5.41, 5.74) is 11.0. The highest BCUT2D eigenvalue weighted by Gasteiger charge is 2.33. The number of Topliss-reactive ketones (excluding diaryl/α,β-unsaturated/α-hetero) is 1. The molecule has 186 valence electrons. The number of aromatic nitrogens is 5. The number of nitrogen functional groups attached to an aromatic ring is 1. The van der Waals surface area contributed by atoms with Crippen LogP contribution in [0, 0.1) is 5.92 Å². The molecule has 0 aliphatic carbocycles. The molecule has 0 spiro atoms. The van der Waals surface area contributed by atoms with Crippen molar-refractivity contribution < 1.29 is 9.59 Å². The minimum atomic E-state index is -0.270. The highest BCUT2D eigenvalue weighted by Crippen LogP contribution is 2.34. The van der Waals surface area contributed by atoms with Gasteiger partial charge in [-0.05, 0) is 29.7 Å². The second-order valence-electron chi connectivity index (χ2n) is 9.48. The van der Waals surface area contributed by atoms with Gasteiger partial charge in [-0.3, -0.25) is 14.3 Å². The van der Waals surface area contributed by atoms with Crippen molar-refractivity contribution in [2.75, 3.05) is 18.8 Å². The van der Waals surface area contributed by atoms with Crippen LogP contribution in [0.2, 0.25) is 0 Å². The van der Waals surface area contributed by atoms with Crippen LogP contribution in [0.4, 0.5) is 5.82 Å². The number of likely N-dealkylation sites (tertiary alicyclic amines) is 1. The number of hydrogen-bond donors (Lipinski definition) is 1. The summed E-state index contributed by atoms with van der Waals surface area (Å²) in [7, 11) is 0. The van der Waals surface area contributed by atoms with Crippen molar-refractivity contribution in [2.45, 2.75) is 26.3 Å². The van der Waals surface area contributed by atoms with E-state index in [4.69, 9.17) is 10.8 Å². The van der Waals surface area contributed by atoms with Crippen molar-refractivity contribution in [3.8, 4) is 11.1 Å². The predicted molar refractivity (Wildman–Crippen MR) is 141 cm³/mol. The van der Waals surface area contributed by atoms with Crippen LogP contribution < -0.4 is 5.73 Å².